The Bertz CT molecular complexity index is 144. The maximum atomic E-state index is 9.75. The first-order chi connectivity index (χ1) is 5.16. The topological polar surface area (TPSA) is 29.5 Å². The summed E-state index contributed by atoms with van der Waals surface area (Å²) in [4.78, 5) is 0. The fourth-order valence-electron chi connectivity index (χ4n) is 1.52. The van der Waals surface area contributed by atoms with E-state index in [1.165, 1.54) is 0 Å². The predicted molar refractivity (Wildman–Crippen MR) is 44.1 cm³/mol. The minimum Gasteiger partial charge on any atom is -0.365 e. The van der Waals surface area contributed by atoms with Gasteiger partial charge in [0.05, 0.1) is 6.61 Å². The smallest absolute Gasteiger partial charge is 0.169 e. The van der Waals surface area contributed by atoms with Crippen molar-refractivity contribution in [3.8, 4) is 0 Å². The highest BCUT2D eigenvalue weighted by Gasteiger charge is 2.32. The molecular formula is C9H16O2. The third-order valence-corrected chi connectivity index (χ3v) is 2.11. The lowest BCUT2D eigenvalue weighted by atomic mass is 9.93. The number of hydrogen-bond donors (Lipinski definition) is 1. The van der Waals surface area contributed by atoms with Crippen LogP contribution in [0, 0.1) is 5.92 Å². The molecule has 1 N–H and O–H groups in total. The maximum absolute atomic E-state index is 9.75. The molecule has 0 amide bonds. The fraction of sp³-hybridized carbons (Fsp3) is 0.778. The van der Waals surface area contributed by atoms with Crippen LogP contribution in [0.1, 0.15) is 26.2 Å². The Hall–Kier alpha value is -0.340. The number of ether oxygens (including phenoxy) is 1. The van der Waals surface area contributed by atoms with Gasteiger partial charge in [0.25, 0.3) is 0 Å². The van der Waals surface area contributed by atoms with E-state index in [0.717, 1.165) is 12.8 Å². The Kier molecular flexibility index (Phi) is 2.68. The molecule has 0 radical (unpaired) electrons. The third kappa shape index (κ3) is 2.31. The van der Waals surface area contributed by atoms with Gasteiger partial charge in [-0.2, -0.15) is 0 Å². The van der Waals surface area contributed by atoms with Gasteiger partial charge in [0.2, 0.25) is 0 Å². The summed E-state index contributed by atoms with van der Waals surface area (Å²) in [6.45, 7) is 6.39. The molecule has 11 heavy (non-hydrogen) atoms. The largest absolute Gasteiger partial charge is 0.365 e. The lowest BCUT2D eigenvalue weighted by Gasteiger charge is -2.34. The first-order valence-corrected chi connectivity index (χ1v) is 4.13. The van der Waals surface area contributed by atoms with Crippen LogP contribution in [0.2, 0.25) is 0 Å². The molecule has 0 aromatic rings. The highest BCUT2D eigenvalue weighted by Crippen LogP contribution is 2.29. The van der Waals surface area contributed by atoms with Crippen LogP contribution in [-0.4, -0.2) is 17.5 Å². The van der Waals surface area contributed by atoms with E-state index in [9.17, 15) is 5.11 Å². The summed E-state index contributed by atoms with van der Waals surface area (Å²) < 4.78 is 5.26. The molecule has 0 aromatic carbocycles. The Morgan fingerprint density at radius 1 is 1.82 bits per heavy atom. The van der Waals surface area contributed by atoms with Gasteiger partial charge in [-0.3, -0.25) is 0 Å². The fourth-order valence-corrected chi connectivity index (χ4v) is 1.52. The lowest BCUT2D eigenvalue weighted by molar-refractivity contribution is -0.231. The van der Waals surface area contributed by atoms with E-state index in [2.05, 4.69) is 13.5 Å². The molecule has 0 bridgehead atoms. The second kappa shape index (κ2) is 3.37. The molecule has 0 aromatic heterocycles. The van der Waals surface area contributed by atoms with Crippen molar-refractivity contribution in [2.75, 3.05) is 6.61 Å². The Balaban J connectivity index is 2.47. The van der Waals surface area contributed by atoms with Crippen LogP contribution < -0.4 is 0 Å². The van der Waals surface area contributed by atoms with Crippen molar-refractivity contribution < 1.29 is 9.84 Å². The van der Waals surface area contributed by atoms with Crippen LogP contribution in [0.3, 0.4) is 0 Å². The molecule has 1 rings (SSSR count). The minimum absolute atomic E-state index is 0.539. The van der Waals surface area contributed by atoms with Crippen molar-refractivity contribution in [3.05, 3.63) is 12.7 Å². The summed E-state index contributed by atoms with van der Waals surface area (Å²) in [7, 11) is 0. The van der Waals surface area contributed by atoms with Crippen LogP contribution in [0.5, 0.6) is 0 Å². The number of rotatable bonds is 2. The van der Waals surface area contributed by atoms with E-state index in [1.807, 2.05) is 0 Å². The average molecular weight is 156 g/mol. The van der Waals surface area contributed by atoms with Gasteiger partial charge < -0.3 is 9.84 Å². The van der Waals surface area contributed by atoms with Crippen molar-refractivity contribution in [2.45, 2.75) is 32.0 Å². The molecule has 0 spiro atoms. The van der Waals surface area contributed by atoms with Crippen LogP contribution in [0.25, 0.3) is 0 Å². The second-order valence-electron chi connectivity index (χ2n) is 3.39. The van der Waals surface area contributed by atoms with E-state index in [4.69, 9.17) is 4.74 Å². The first-order valence-electron chi connectivity index (χ1n) is 4.13. The molecule has 2 atom stereocenters. The molecule has 0 aliphatic carbocycles. The SMILES string of the molecule is C=CCC1(O)CC(C)CCO1. The average Bonchev–Trinajstić information content (AvgIpc) is 1.86. The third-order valence-electron chi connectivity index (χ3n) is 2.11. The Morgan fingerprint density at radius 3 is 3.09 bits per heavy atom. The normalized spacial score (nSPS) is 38.5. The van der Waals surface area contributed by atoms with Gasteiger partial charge in [-0.15, -0.1) is 6.58 Å². The summed E-state index contributed by atoms with van der Waals surface area (Å²) in [5.41, 5.74) is 0. The second-order valence-corrected chi connectivity index (χ2v) is 3.39. The molecule has 2 unspecified atom stereocenters. The first kappa shape index (κ1) is 8.75. The molecule has 1 aliphatic rings. The molecule has 1 saturated heterocycles. The van der Waals surface area contributed by atoms with E-state index >= 15 is 0 Å². The van der Waals surface area contributed by atoms with Gasteiger partial charge in [-0.05, 0) is 12.3 Å². The van der Waals surface area contributed by atoms with Crippen LogP contribution >= 0.6 is 0 Å². The molecule has 64 valence electrons. The van der Waals surface area contributed by atoms with Crippen LogP contribution in [-0.2, 0) is 4.74 Å². The van der Waals surface area contributed by atoms with Gasteiger partial charge >= 0.3 is 0 Å². The van der Waals surface area contributed by atoms with Crippen molar-refractivity contribution >= 4 is 0 Å². The monoisotopic (exact) mass is 156 g/mol. The molecule has 0 saturated carbocycles. The van der Waals surface area contributed by atoms with Crippen molar-refractivity contribution in [1.82, 2.24) is 0 Å². The Morgan fingerprint density at radius 2 is 2.55 bits per heavy atom. The molecule has 2 nitrogen and oxygen atoms in total. The minimum atomic E-state index is -0.917. The summed E-state index contributed by atoms with van der Waals surface area (Å²) >= 11 is 0. The summed E-state index contributed by atoms with van der Waals surface area (Å²) in [6, 6.07) is 0. The summed E-state index contributed by atoms with van der Waals surface area (Å²) in [5, 5.41) is 9.75. The molecule has 2 heteroatoms. The highest BCUT2D eigenvalue weighted by molar-refractivity contribution is 4.83. The van der Waals surface area contributed by atoms with E-state index < -0.39 is 5.79 Å². The van der Waals surface area contributed by atoms with Gasteiger partial charge in [-0.1, -0.05) is 13.0 Å². The van der Waals surface area contributed by atoms with Gasteiger partial charge in [-0.25, -0.2) is 0 Å². The molecule has 1 aliphatic heterocycles. The maximum Gasteiger partial charge on any atom is 0.169 e. The summed E-state index contributed by atoms with van der Waals surface area (Å²) in [6.07, 6.45) is 4.04. The Labute approximate surface area is 67.9 Å². The van der Waals surface area contributed by atoms with E-state index in [1.54, 1.807) is 6.08 Å². The molecular weight excluding hydrogens is 140 g/mol. The number of aliphatic hydroxyl groups is 1. The standard InChI is InChI=1S/C9H16O2/c1-3-5-9(10)7-8(2)4-6-11-9/h3,8,10H,1,4-7H2,2H3. The van der Waals surface area contributed by atoms with Crippen molar-refractivity contribution in [3.63, 3.8) is 0 Å². The van der Waals surface area contributed by atoms with Crippen LogP contribution in [0.4, 0.5) is 0 Å². The van der Waals surface area contributed by atoms with Crippen molar-refractivity contribution in [1.29, 1.82) is 0 Å². The zero-order valence-corrected chi connectivity index (χ0v) is 7.05. The quantitative estimate of drug-likeness (QED) is 0.616. The van der Waals surface area contributed by atoms with Gasteiger partial charge in [0.1, 0.15) is 0 Å². The highest BCUT2D eigenvalue weighted by atomic mass is 16.6. The zero-order chi connectivity index (χ0) is 8.32. The zero-order valence-electron chi connectivity index (χ0n) is 7.05. The van der Waals surface area contributed by atoms with E-state index in [-0.39, 0.29) is 0 Å². The predicted octanol–water partition coefficient (Wildman–Crippen LogP) is 1.70. The molecule has 1 heterocycles. The van der Waals surface area contributed by atoms with Crippen molar-refractivity contribution in [2.24, 2.45) is 5.92 Å². The van der Waals surface area contributed by atoms with Crippen LogP contribution in [0.15, 0.2) is 12.7 Å². The van der Waals surface area contributed by atoms with E-state index in [0.29, 0.717) is 18.9 Å². The summed E-state index contributed by atoms with van der Waals surface area (Å²) in [5.74, 6) is -0.354. The van der Waals surface area contributed by atoms with Gasteiger partial charge in [0, 0.05) is 12.8 Å². The lowest BCUT2D eigenvalue weighted by Crippen LogP contribution is -2.38. The number of hydrogen-bond acceptors (Lipinski definition) is 2. The molecule has 1 fully saturated rings. The van der Waals surface area contributed by atoms with Gasteiger partial charge in [0.15, 0.2) is 5.79 Å².